The normalized spacial score (nSPS) is 23.3. The number of nitrogens with zero attached hydrogens (tertiary/aromatic N) is 5. The lowest BCUT2D eigenvalue weighted by atomic mass is 10.0. The van der Waals surface area contributed by atoms with Gasteiger partial charge in [-0.05, 0) is 44.1 Å². The smallest absolute Gasteiger partial charge is 0.272 e. The van der Waals surface area contributed by atoms with Gasteiger partial charge in [0.25, 0.3) is 5.91 Å². The van der Waals surface area contributed by atoms with Crippen molar-refractivity contribution in [1.29, 1.82) is 0 Å². The van der Waals surface area contributed by atoms with Gasteiger partial charge in [0.1, 0.15) is 17.8 Å². The fraction of sp³-hybridized carbons (Fsp3) is 0.684. The summed E-state index contributed by atoms with van der Waals surface area (Å²) in [6, 6.07) is 1.70. The summed E-state index contributed by atoms with van der Waals surface area (Å²) in [7, 11) is 1.82. The second kappa shape index (κ2) is 7.42. The summed E-state index contributed by atoms with van der Waals surface area (Å²) in [5.41, 5.74) is 1.53. The monoisotopic (exact) mass is 373 g/mol. The molecule has 4 rings (SSSR count). The molecule has 2 aliphatic heterocycles. The van der Waals surface area contributed by atoms with Crippen LogP contribution in [0.5, 0.6) is 0 Å². The molecule has 0 spiro atoms. The number of piperidine rings is 1. The van der Waals surface area contributed by atoms with Gasteiger partial charge in [0.05, 0.1) is 5.69 Å². The standard InChI is InChI=1S/C19H27N5O3/c1-12(2)13-11-15(23(3)22-13)19(25)24-9-5-4-7-14(24)17-20-21-18(27-17)16-8-6-10-26-16/h11-12,14,16H,4-10H2,1-3H3/t14-,16-/m1/s1. The zero-order valence-corrected chi connectivity index (χ0v) is 16.2. The van der Waals surface area contributed by atoms with Crippen molar-refractivity contribution in [3.63, 3.8) is 0 Å². The van der Waals surface area contributed by atoms with Crippen molar-refractivity contribution < 1.29 is 13.9 Å². The highest BCUT2D eigenvalue weighted by atomic mass is 16.5. The molecule has 0 aliphatic carbocycles. The fourth-order valence-electron chi connectivity index (χ4n) is 3.83. The third-order valence-corrected chi connectivity index (χ3v) is 5.42. The number of hydrogen-bond donors (Lipinski definition) is 0. The summed E-state index contributed by atoms with van der Waals surface area (Å²) in [6.45, 7) is 5.56. The Balaban J connectivity index is 1.58. The maximum absolute atomic E-state index is 13.3. The molecule has 0 bridgehead atoms. The molecule has 0 radical (unpaired) electrons. The Kier molecular flexibility index (Phi) is 4.99. The number of aryl methyl sites for hydroxylation is 1. The van der Waals surface area contributed by atoms with Crippen LogP contribution in [-0.2, 0) is 11.8 Å². The van der Waals surface area contributed by atoms with Gasteiger partial charge < -0.3 is 14.1 Å². The molecule has 27 heavy (non-hydrogen) atoms. The Morgan fingerprint density at radius 3 is 2.70 bits per heavy atom. The molecule has 2 fully saturated rings. The maximum atomic E-state index is 13.3. The van der Waals surface area contributed by atoms with Crippen molar-refractivity contribution in [2.45, 2.75) is 64.0 Å². The van der Waals surface area contributed by atoms with Gasteiger partial charge in [-0.2, -0.15) is 5.10 Å². The summed E-state index contributed by atoms with van der Waals surface area (Å²) < 4.78 is 13.2. The average Bonchev–Trinajstić information content (AvgIpc) is 3.41. The Bertz CT molecular complexity index is 806. The minimum Gasteiger partial charge on any atom is -0.420 e. The minimum absolute atomic E-state index is 0.0292. The average molecular weight is 373 g/mol. The number of carbonyl (C=O) groups is 1. The van der Waals surface area contributed by atoms with Gasteiger partial charge in [0.2, 0.25) is 11.8 Å². The van der Waals surface area contributed by atoms with Crippen LogP contribution < -0.4 is 0 Å². The van der Waals surface area contributed by atoms with Crippen LogP contribution >= 0.6 is 0 Å². The molecule has 2 aromatic heterocycles. The van der Waals surface area contributed by atoms with E-state index >= 15 is 0 Å². The van der Waals surface area contributed by atoms with Gasteiger partial charge in [0.15, 0.2) is 0 Å². The van der Waals surface area contributed by atoms with E-state index in [4.69, 9.17) is 9.15 Å². The summed E-state index contributed by atoms with van der Waals surface area (Å²) in [5.74, 6) is 1.29. The van der Waals surface area contributed by atoms with Gasteiger partial charge in [-0.25, -0.2) is 0 Å². The number of amides is 1. The molecular weight excluding hydrogens is 346 g/mol. The van der Waals surface area contributed by atoms with Gasteiger partial charge >= 0.3 is 0 Å². The van der Waals surface area contributed by atoms with E-state index in [1.54, 1.807) is 4.68 Å². The molecule has 1 amide bonds. The number of rotatable bonds is 4. The van der Waals surface area contributed by atoms with Crippen LogP contribution in [0.4, 0.5) is 0 Å². The topological polar surface area (TPSA) is 86.3 Å². The predicted molar refractivity (Wildman–Crippen MR) is 97.2 cm³/mol. The van der Waals surface area contributed by atoms with Crippen molar-refractivity contribution in [1.82, 2.24) is 24.9 Å². The first-order valence-corrected chi connectivity index (χ1v) is 9.84. The molecule has 0 aromatic carbocycles. The summed E-state index contributed by atoms with van der Waals surface area (Å²) in [5, 5.41) is 12.9. The second-order valence-electron chi connectivity index (χ2n) is 7.72. The Hall–Kier alpha value is -2.22. The Labute approximate surface area is 158 Å². The van der Waals surface area contributed by atoms with Crippen LogP contribution in [0.2, 0.25) is 0 Å². The first-order valence-electron chi connectivity index (χ1n) is 9.84. The highest BCUT2D eigenvalue weighted by Crippen LogP contribution is 2.34. The number of aromatic nitrogens is 4. The highest BCUT2D eigenvalue weighted by Gasteiger charge is 2.35. The van der Waals surface area contributed by atoms with E-state index in [0.29, 0.717) is 24.0 Å². The molecule has 2 atom stereocenters. The third kappa shape index (κ3) is 3.50. The Morgan fingerprint density at radius 1 is 1.19 bits per heavy atom. The van der Waals surface area contributed by atoms with E-state index in [1.807, 2.05) is 18.0 Å². The van der Waals surface area contributed by atoms with E-state index in [-0.39, 0.29) is 24.0 Å². The predicted octanol–water partition coefficient (Wildman–Crippen LogP) is 3.15. The molecule has 8 nitrogen and oxygen atoms in total. The van der Waals surface area contributed by atoms with E-state index in [2.05, 4.69) is 29.1 Å². The molecule has 2 aromatic rings. The highest BCUT2D eigenvalue weighted by molar-refractivity contribution is 5.93. The lowest BCUT2D eigenvalue weighted by Gasteiger charge is -2.33. The molecule has 0 N–H and O–H groups in total. The van der Waals surface area contributed by atoms with Crippen molar-refractivity contribution in [2.75, 3.05) is 13.2 Å². The third-order valence-electron chi connectivity index (χ3n) is 5.42. The quantitative estimate of drug-likeness (QED) is 0.818. The SMILES string of the molecule is CC(C)c1cc(C(=O)N2CCCC[C@@H]2c2nnc([C@H]3CCCO3)o2)n(C)n1. The number of ether oxygens (including phenoxy) is 1. The van der Waals surface area contributed by atoms with E-state index < -0.39 is 0 Å². The summed E-state index contributed by atoms with van der Waals surface area (Å²) >= 11 is 0. The number of hydrogen-bond acceptors (Lipinski definition) is 6. The number of likely N-dealkylation sites (tertiary alicyclic amines) is 1. The van der Waals surface area contributed by atoms with Crippen molar-refractivity contribution in [3.05, 3.63) is 29.2 Å². The molecular formula is C19H27N5O3. The van der Waals surface area contributed by atoms with E-state index in [9.17, 15) is 4.79 Å². The van der Waals surface area contributed by atoms with Crippen LogP contribution in [0.25, 0.3) is 0 Å². The van der Waals surface area contributed by atoms with Crippen molar-refractivity contribution >= 4 is 5.91 Å². The summed E-state index contributed by atoms with van der Waals surface area (Å²) in [6.07, 6.45) is 4.65. The van der Waals surface area contributed by atoms with Crippen LogP contribution in [0, 0.1) is 0 Å². The first kappa shape index (κ1) is 18.2. The fourth-order valence-corrected chi connectivity index (χ4v) is 3.83. The van der Waals surface area contributed by atoms with Gasteiger partial charge in [-0.1, -0.05) is 13.8 Å². The largest absolute Gasteiger partial charge is 0.420 e. The van der Waals surface area contributed by atoms with Crippen LogP contribution in [0.1, 0.15) is 92.0 Å². The van der Waals surface area contributed by atoms with E-state index in [0.717, 1.165) is 44.4 Å². The second-order valence-corrected chi connectivity index (χ2v) is 7.72. The van der Waals surface area contributed by atoms with Gasteiger partial charge in [-0.3, -0.25) is 9.48 Å². The molecule has 2 saturated heterocycles. The lowest BCUT2D eigenvalue weighted by Crippen LogP contribution is -2.39. The molecule has 0 saturated carbocycles. The van der Waals surface area contributed by atoms with Crippen molar-refractivity contribution in [3.8, 4) is 0 Å². The number of carbonyl (C=O) groups excluding carboxylic acids is 1. The molecule has 0 unspecified atom stereocenters. The van der Waals surface area contributed by atoms with Crippen LogP contribution in [0.3, 0.4) is 0 Å². The zero-order valence-electron chi connectivity index (χ0n) is 16.2. The molecule has 8 heteroatoms. The zero-order chi connectivity index (χ0) is 19.0. The lowest BCUT2D eigenvalue weighted by molar-refractivity contribution is 0.0539. The van der Waals surface area contributed by atoms with Crippen molar-refractivity contribution in [2.24, 2.45) is 7.05 Å². The first-order chi connectivity index (χ1) is 13.0. The molecule has 4 heterocycles. The van der Waals surface area contributed by atoms with Crippen LogP contribution in [-0.4, -0.2) is 43.9 Å². The Morgan fingerprint density at radius 2 is 2.00 bits per heavy atom. The minimum atomic E-state index is -0.189. The molecule has 146 valence electrons. The maximum Gasteiger partial charge on any atom is 0.272 e. The molecule has 2 aliphatic rings. The van der Waals surface area contributed by atoms with E-state index in [1.165, 1.54) is 0 Å². The van der Waals surface area contributed by atoms with Gasteiger partial charge in [0, 0.05) is 20.2 Å². The van der Waals surface area contributed by atoms with Crippen LogP contribution in [0.15, 0.2) is 10.5 Å². The van der Waals surface area contributed by atoms with Gasteiger partial charge in [-0.15, -0.1) is 10.2 Å². The summed E-state index contributed by atoms with van der Waals surface area (Å²) in [4.78, 5) is 15.1.